The smallest absolute Gasteiger partial charge is 0.138 e. The molecule has 5 heteroatoms. The van der Waals surface area contributed by atoms with Gasteiger partial charge in [-0.15, -0.1) is 0 Å². The number of benzene rings is 1. The molecule has 0 aliphatic carbocycles. The molecule has 1 aromatic heterocycles. The molecule has 1 saturated heterocycles. The highest BCUT2D eigenvalue weighted by Gasteiger charge is 2.27. The molecule has 1 fully saturated rings. The number of nitrogens with zero attached hydrogens (tertiary/aromatic N) is 2. The second-order valence-corrected chi connectivity index (χ2v) is 5.92. The average molecular weight is 306 g/mol. The molecule has 1 N–H and O–H groups in total. The fraction of sp³-hybridized carbons (Fsp3) is 0.438. The van der Waals surface area contributed by atoms with Crippen LogP contribution >= 0.6 is 11.6 Å². The molecule has 0 saturated carbocycles. The number of nitrogens with one attached hydrogen (secondary N) is 1. The second kappa shape index (κ2) is 6.18. The summed E-state index contributed by atoms with van der Waals surface area (Å²) >= 11 is 6.38. The van der Waals surface area contributed by atoms with Gasteiger partial charge in [-0.1, -0.05) is 35.0 Å². The quantitative estimate of drug-likeness (QED) is 0.946. The predicted octanol–water partition coefficient (Wildman–Crippen LogP) is 3.09. The first-order valence-corrected chi connectivity index (χ1v) is 7.65. The van der Waals surface area contributed by atoms with Crippen molar-refractivity contribution in [2.45, 2.75) is 26.4 Å². The molecule has 1 atom stereocenters. The number of aromatic nitrogens is 1. The van der Waals surface area contributed by atoms with E-state index in [1.807, 2.05) is 32.0 Å². The van der Waals surface area contributed by atoms with Crippen molar-refractivity contribution in [1.82, 2.24) is 15.4 Å². The second-order valence-electron chi connectivity index (χ2n) is 5.51. The summed E-state index contributed by atoms with van der Waals surface area (Å²) in [6.07, 6.45) is 0. The van der Waals surface area contributed by atoms with E-state index in [4.69, 9.17) is 16.1 Å². The van der Waals surface area contributed by atoms with Gasteiger partial charge in [0.1, 0.15) is 5.76 Å². The lowest BCUT2D eigenvalue weighted by Crippen LogP contribution is -2.45. The SMILES string of the molecule is Cc1noc(C)c1CN1CCNCC1c1ccccc1Cl. The minimum absolute atomic E-state index is 0.279. The van der Waals surface area contributed by atoms with Crippen LogP contribution in [0, 0.1) is 13.8 Å². The van der Waals surface area contributed by atoms with E-state index in [2.05, 4.69) is 21.4 Å². The van der Waals surface area contributed by atoms with Gasteiger partial charge in [0, 0.05) is 42.8 Å². The Hall–Kier alpha value is -1.36. The van der Waals surface area contributed by atoms with E-state index in [-0.39, 0.29) is 6.04 Å². The van der Waals surface area contributed by atoms with Gasteiger partial charge in [0.25, 0.3) is 0 Å². The largest absolute Gasteiger partial charge is 0.361 e. The Morgan fingerprint density at radius 2 is 2.19 bits per heavy atom. The summed E-state index contributed by atoms with van der Waals surface area (Å²) in [5.74, 6) is 0.906. The van der Waals surface area contributed by atoms with Crippen LogP contribution in [-0.2, 0) is 6.54 Å². The highest BCUT2D eigenvalue weighted by molar-refractivity contribution is 6.31. The van der Waals surface area contributed by atoms with Gasteiger partial charge < -0.3 is 9.84 Å². The van der Waals surface area contributed by atoms with Gasteiger partial charge in [-0.25, -0.2) is 0 Å². The van der Waals surface area contributed by atoms with E-state index in [9.17, 15) is 0 Å². The molecular weight excluding hydrogens is 286 g/mol. The van der Waals surface area contributed by atoms with Crippen molar-refractivity contribution in [3.05, 3.63) is 51.9 Å². The van der Waals surface area contributed by atoms with E-state index >= 15 is 0 Å². The summed E-state index contributed by atoms with van der Waals surface area (Å²) in [5.41, 5.74) is 3.34. The Bertz CT molecular complexity index is 606. The highest BCUT2D eigenvalue weighted by atomic mass is 35.5. The van der Waals surface area contributed by atoms with Gasteiger partial charge in [0.2, 0.25) is 0 Å². The van der Waals surface area contributed by atoms with Gasteiger partial charge in [0.05, 0.1) is 5.69 Å². The maximum absolute atomic E-state index is 6.38. The van der Waals surface area contributed by atoms with E-state index in [0.29, 0.717) is 0 Å². The molecule has 4 nitrogen and oxygen atoms in total. The van der Waals surface area contributed by atoms with Crippen LogP contribution in [0.3, 0.4) is 0 Å². The summed E-state index contributed by atoms with van der Waals surface area (Å²) in [6.45, 7) is 7.71. The van der Waals surface area contributed by atoms with Gasteiger partial charge in [0.15, 0.2) is 0 Å². The van der Waals surface area contributed by atoms with E-state index in [1.165, 1.54) is 11.1 Å². The van der Waals surface area contributed by atoms with Crippen LogP contribution in [-0.4, -0.2) is 29.7 Å². The van der Waals surface area contributed by atoms with E-state index in [1.54, 1.807) is 0 Å². The Kier molecular flexibility index (Phi) is 4.29. The summed E-state index contributed by atoms with van der Waals surface area (Å²) in [6, 6.07) is 8.37. The number of hydrogen-bond donors (Lipinski definition) is 1. The van der Waals surface area contributed by atoms with Crippen LogP contribution in [0.4, 0.5) is 0 Å². The van der Waals surface area contributed by atoms with Crippen LogP contribution in [0.2, 0.25) is 5.02 Å². The molecule has 3 rings (SSSR count). The highest BCUT2D eigenvalue weighted by Crippen LogP contribution is 2.30. The molecule has 1 unspecified atom stereocenters. The van der Waals surface area contributed by atoms with Gasteiger partial charge in [-0.05, 0) is 25.5 Å². The molecule has 0 amide bonds. The first-order valence-electron chi connectivity index (χ1n) is 7.27. The van der Waals surface area contributed by atoms with E-state index in [0.717, 1.165) is 42.7 Å². The lowest BCUT2D eigenvalue weighted by molar-refractivity contribution is 0.153. The van der Waals surface area contributed by atoms with Crippen molar-refractivity contribution in [2.75, 3.05) is 19.6 Å². The van der Waals surface area contributed by atoms with Crippen molar-refractivity contribution < 1.29 is 4.52 Å². The molecule has 1 aliphatic rings. The number of piperazine rings is 1. The Labute approximate surface area is 130 Å². The third kappa shape index (κ3) is 2.98. The third-order valence-electron chi connectivity index (χ3n) is 4.16. The monoisotopic (exact) mass is 305 g/mol. The van der Waals surface area contributed by atoms with Gasteiger partial charge in [-0.3, -0.25) is 4.90 Å². The Balaban J connectivity index is 1.87. The topological polar surface area (TPSA) is 41.3 Å². The van der Waals surface area contributed by atoms with Crippen molar-refractivity contribution in [2.24, 2.45) is 0 Å². The molecule has 1 aliphatic heterocycles. The minimum atomic E-state index is 0.279. The normalized spacial score (nSPS) is 19.9. The first-order chi connectivity index (χ1) is 10.2. The number of halogens is 1. The number of hydrogen-bond acceptors (Lipinski definition) is 4. The average Bonchev–Trinajstić information content (AvgIpc) is 2.81. The molecule has 2 heterocycles. The molecule has 0 bridgehead atoms. The van der Waals surface area contributed by atoms with Crippen molar-refractivity contribution in [3.8, 4) is 0 Å². The summed E-state index contributed by atoms with van der Waals surface area (Å²) < 4.78 is 5.28. The summed E-state index contributed by atoms with van der Waals surface area (Å²) in [5, 5.41) is 8.34. The zero-order chi connectivity index (χ0) is 14.8. The maximum atomic E-state index is 6.38. The first kappa shape index (κ1) is 14.6. The number of rotatable bonds is 3. The Morgan fingerprint density at radius 1 is 1.38 bits per heavy atom. The van der Waals surface area contributed by atoms with Crippen molar-refractivity contribution in [1.29, 1.82) is 0 Å². The predicted molar refractivity (Wildman–Crippen MR) is 83.4 cm³/mol. The molecule has 0 spiro atoms. The van der Waals surface area contributed by atoms with E-state index < -0.39 is 0 Å². The van der Waals surface area contributed by atoms with Gasteiger partial charge >= 0.3 is 0 Å². The lowest BCUT2D eigenvalue weighted by Gasteiger charge is -2.36. The summed E-state index contributed by atoms with van der Waals surface area (Å²) in [4.78, 5) is 2.45. The fourth-order valence-corrected chi connectivity index (χ4v) is 3.18. The molecule has 112 valence electrons. The molecule has 1 aromatic carbocycles. The maximum Gasteiger partial charge on any atom is 0.138 e. The van der Waals surface area contributed by atoms with Crippen molar-refractivity contribution >= 4 is 11.6 Å². The lowest BCUT2D eigenvalue weighted by atomic mass is 10.0. The standard InChI is InChI=1S/C16H20ClN3O/c1-11-14(12(2)21-19-11)10-20-8-7-18-9-16(20)13-5-3-4-6-15(13)17/h3-6,16,18H,7-10H2,1-2H3. The molecule has 2 aromatic rings. The van der Waals surface area contributed by atoms with Crippen LogP contribution in [0.1, 0.15) is 28.6 Å². The minimum Gasteiger partial charge on any atom is -0.361 e. The van der Waals surface area contributed by atoms with Crippen LogP contribution in [0.15, 0.2) is 28.8 Å². The molecular formula is C16H20ClN3O. The van der Waals surface area contributed by atoms with Crippen LogP contribution in [0.5, 0.6) is 0 Å². The zero-order valence-electron chi connectivity index (χ0n) is 12.4. The van der Waals surface area contributed by atoms with Crippen molar-refractivity contribution in [3.63, 3.8) is 0 Å². The molecule has 0 radical (unpaired) electrons. The molecule has 21 heavy (non-hydrogen) atoms. The summed E-state index contributed by atoms with van der Waals surface area (Å²) in [7, 11) is 0. The van der Waals surface area contributed by atoms with Crippen LogP contribution in [0.25, 0.3) is 0 Å². The zero-order valence-corrected chi connectivity index (χ0v) is 13.2. The number of aryl methyl sites for hydroxylation is 2. The van der Waals surface area contributed by atoms with Gasteiger partial charge in [-0.2, -0.15) is 0 Å². The third-order valence-corrected chi connectivity index (χ3v) is 4.51. The Morgan fingerprint density at radius 3 is 2.90 bits per heavy atom. The van der Waals surface area contributed by atoms with Crippen LogP contribution < -0.4 is 5.32 Å². The fourth-order valence-electron chi connectivity index (χ4n) is 2.92.